The van der Waals surface area contributed by atoms with Crippen LogP contribution < -0.4 is 0 Å². The fraction of sp³-hybridized carbons (Fsp3) is 0.417. The van der Waals surface area contributed by atoms with Crippen molar-refractivity contribution in [2.75, 3.05) is 26.2 Å². The quantitative estimate of drug-likeness (QED) is 0.800. The van der Waals surface area contributed by atoms with Crippen molar-refractivity contribution in [1.29, 1.82) is 0 Å². The number of piperazine rings is 1. The Morgan fingerprint density at radius 1 is 1.17 bits per heavy atom. The van der Waals surface area contributed by atoms with Gasteiger partial charge in [-0.2, -0.15) is 0 Å². The van der Waals surface area contributed by atoms with E-state index in [2.05, 4.69) is 4.98 Å². The molecule has 0 atom stereocenters. The van der Waals surface area contributed by atoms with E-state index in [9.17, 15) is 9.59 Å². The largest absolute Gasteiger partial charge is 0.465 e. The molecule has 2 heterocycles. The van der Waals surface area contributed by atoms with E-state index in [1.807, 2.05) is 13.0 Å². The van der Waals surface area contributed by atoms with Crippen LogP contribution in [0.2, 0.25) is 0 Å². The molecule has 2 amide bonds. The Kier molecular flexibility index (Phi) is 3.45. The molecule has 1 aliphatic heterocycles. The van der Waals surface area contributed by atoms with Gasteiger partial charge in [-0.05, 0) is 19.1 Å². The molecule has 0 bridgehead atoms. The van der Waals surface area contributed by atoms with Gasteiger partial charge in [0, 0.05) is 31.9 Å². The zero-order valence-corrected chi connectivity index (χ0v) is 10.2. The first-order chi connectivity index (χ1) is 8.58. The molecule has 1 saturated heterocycles. The molecule has 0 radical (unpaired) electrons. The highest BCUT2D eigenvalue weighted by atomic mass is 16.4. The van der Waals surface area contributed by atoms with Gasteiger partial charge in [0.2, 0.25) is 0 Å². The fourth-order valence-electron chi connectivity index (χ4n) is 1.92. The Morgan fingerprint density at radius 3 is 2.33 bits per heavy atom. The molecule has 0 spiro atoms. The molecule has 0 aliphatic carbocycles. The average molecular weight is 249 g/mol. The maximum Gasteiger partial charge on any atom is 0.407 e. The Hall–Kier alpha value is -2.11. The minimum atomic E-state index is -0.934. The van der Waals surface area contributed by atoms with Crippen LogP contribution in [0.5, 0.6) is 0 Å². The molecule has 96 valence electrons. The van der Waals surface area contributed by atoms with E-state index < -0.39 is 6.09 Å². The third-order valence-electron chi connectivity index (χ3n) is 2.94. The van der Waals surface area contributed by atoms with Gasteiger partial charge in [-0.25, -0.2) is 9.78 Å². The molecule has 6 heteroatoms. The second-order valence-corrected chi connectivity index (χ2v) is 4.23. The van der Waals surface area contributed by atoms with Gasteiger partial charge in [-0.3, -0.25) is 4.79 Å². The zero-order valence-electron chi connectivity index (χ0n) is 10.2. The number of aryl methyl sites for hydroxylation is 1. The summed E-state index contributed by atoms with van der Waals surface area (Å²) in [5.74, 6) is -0.135. The lowest BCUT2D eigenvalue weighted by atomic mass is 10.2. The standard InChI is InChI=1S/C12H15N3O3/c1-9-3-2-4-10(13-9)11(16)14-5-7-15(8-6-14)12(17)18/h2-4H,5-8H2,1H3,(H,17,18). The lowest BCUT2D eigenvalue weighted by Gasteiger charge is -2.32. The van der Waals surface area contributed by atoms with E-state index in [1.165, 1.54) is 4.90 Å². The highest BCUT2D eigenvalue weighted by Gasteiger charge is 2.24. The predicted octanol–water partition coefficient (Wildman–Crippen LogP) is 0.826. The van der Waals surface area contributed by atoms with Gasteiger partial charge < -0.3 is 14.9 Å². The van der Waals surface area contributed by atoms with Crippen molar-refractivity contribution in [3.63, 3.8) is 0 Å². The first-order valence-electron chi connectivity index (χ1n) is 5.79. The molecular formula is C12H15N3O3. The number of rotatable bonds is 1. The Bertz CT molecular complexity index is 467. The summed E-state index contributed by atoms with van der Waals surface area (Å²) in [6.07, 6.45) is -0.934. The van der Waals surface area contributed by atoms with Gasteiger partial charge in [-0.15, -0.1) is 0 Å². The highest BCUT2D eigenvalue weighted by Crippen LogP contribution is 2.08. The Balaban J connectivity index is 2.02. The number of carbonyl (C=O) groups is 2. The van der Waals surface area contributed by atoms with Crippen molar-refractivity contribution >= 4 is 12.0 Å². The van der Waals surface area contributed by atoms with Crippen molar-refractivity contribution in [2.24, 2.45) is 0 Å². The van der Waals surface area contributed by atoms with Crippen molar-refractivity contribution in [3.05, 3.63) is 29.6 Å². The smallest absolute Gasteiger partial charge is 0.407 e. The number of nitrogens with zero attached hydrogens (tertiary/aromatic N) is 3. The fourth-order valence-corrected chi connectivity index (χ4v) is 1.92. The van der Waals surface area contributed by atoms with Crippen LogP contribution in [0, 0.1) is 6.92 Å². The maximum absolute atomic E-state index is 12.1. The first kappa shape index (κ1) is 12.3. The maximum atomic E-state index is 12.1. The molecule has 1 aromatic rings. The summed E-state index contributed by atoms with van der Waals surface area (Å²) in [5.41, 5.74) is 1.21. The van der Waals surface area contributed by atoms with Crippen LogP contribution in [-0.4, -0.2) is 58.1 Å². The molecule has 1 N–H and O–H groups in total. The van der Waals surface area contributed by atoms with Crippen molar-refractivity contribution in [2.45, 2.75) is 6.92 Å². The lowest BCUT2D eigenvalue weighted by molar-refractivity contribution is 0.0619. The molecule has 0 saturated carbocycles. The SMILES string of the molecule is Cc1cccc(C(=O)N2CCN(C(=O)O)CC2)n1. The van der Waals surface area contributed by atoms with Gasteiger partial charge in [0.1, 0.15) is 5.69 Å². The first-order valence-corrected chi connectivity index (χ1v) is 5.79. The van der Waals surface area contributed by atoms with Gasteiger partial charge in [0.05, 0.1) is 0 Å². The van der Waals surface area contributed by atoms with Crippen LogP contribution in [0.15, 0.2) is 18.2 Å². The summed E-state index contributed by atoms with van der Waals surface area (Å²) in [4.78, 5) is 30.0. The van der Waals surface area contributed by atoms with Gasteiger partial charge >= 0.3 is 6.09 Å². The Morgan fingerprint density at radius 2 is 1.78 bits per heavy atom. The van der Waals surface area contributed by atoms with Crippen LogP contribution in [-0.2, 0) is 0 Å². The van der Waals surface area contributed by atoms with Crippen LogP contribution in [0.4, 0.5) is 4.79 Å². The molecule has 6 nitrogen and oxygen atoms in total. The molecule has 1 fully saturated rings. The number of hydrogen-bond donors (Lipinski definition) is 1. The summed E-state index contributed by atoms with van der Waals surface area (Å²) in [5, 5.41) is 8.83. The second-order valence-electron chi connectivity index (χ2n) is 4.23. The zero-order chi connectivity index (χ0) is 13.1. The van der Waals surface area contributed by atoms with Crippen molar-refractivity contribution in [1.82, 2.24) is 14.8 Å². The number of pyridine rings is 1. The molecule has 1 aliphatic rings. The van der Waals surface area contributed by atoms with Crippen LogP contribution >= 0.6 is 0 Å². The van der Waals surface area contributed by atoms with E-state index in [4.69, 9.17) is 5.11 Å². The monoisotopic (exact) mass is 249 g/mol. The lowest BCUT2D eigenvalue weighted by Crippen LogP contribution is -2.50. The summed E-state index contributed by atoms with van der Waals surface area (Å²) in [6, 6.07) is 5.31. The normalized spacial score (nSPS) is 15.6. The third kappa shape index (κ3) is 2.58. The van der Waals surface area contributed by atoms with Crippen molar-refractivity contribution in [3.8, 4) is 0 Å². The molecular weight excluding hydrogens is 234 g/mol. The average Bonchev–Trinajstić information content (AvgIpc) is 2.38. The summed E-state index contributed by atoms with van der Waals surface area (Å²) < 4.78 is 0. The number of carboxylic acid groups (broad SMARTS) is 1. The number of hydrogen-bond acceptors (Lipinski definition) is 3. The Labute approximate surface area is 105 Å². The molecule has 18 heavy (non-hydrogen) atoms. The second kappa shape index (κ2) is 5.03. The van der Waals surface area contributed by atoms with E-state index in [1.54, 1.807) is 17.0 Å². The predicted molar refractivity (Wildman–Crippen MR) is 64.5 cm³/mol. The minimum absolute atomic E-state index is 0.135. The van der Waals surface area contributed by atoms with E-state index in [-0.39, 0.29) is 5.91 Å². The minimum Gasteiger partial charge on any atom is -0.465 e. The molecule has 1 aromatic heterocycles. The summed E-state index contributed by atoms with van der Waals surface area (Å²) >= 11 is 0. The van der Waals surface area contributed by atoms with Crippen LogP contribution in [0.3, 0.4) is 0 Å². The van der Waals surface area contributed by atoms with E-state index in [0.717, 1.165) is 5.69 Å². The van der Waals surface area contributed by atoms with Crippen LogP contribution in [0.25, 0.3) is 0 Å². The number of carbonyl (C=O) groups excluding carboxylic acids is 1. The molecule has 2 rings (SSSR count). The van der Waals surface area contributed by atoms with Gasteiger partial charge in [0.15, 0.2) is 0 Å². The van der Waals surface area contributed by atoms with E-state index in [0.29, 0.717) is 31.9 Å². The van der Waals surface area contributed by atoms with Gasteiger partial charge in [0.25, 0.3) is 5.91 Å². The van der Waals surface area contributed by atoms with E-state index >= 15 is 0 Å². The molecule has 0 aromatic carbocycles. The third-order valence-corrected chi connectivity index (χ3v) is 2.94. The van der Waals surface area contributed by atoms with Crippen LogP contribution in [0.1, 0.15) is 16.2 Å². The molecule has 0 unspecified atom stereocenters. The van der Waals surface area contributed by atoms with Crippen molar-refractivity contribution < 1.29 is 14.7 Å². The highest BCUT2D eigenvalue weighted by molar-refractivity contribution is 5.92. The summed E-state index contributed by atoms with van der Waals surface area (Å²) in [6.45, 7) is 3.38. The van der Waals surface area contributed by atoms with Gasteiger partial charge in [-0.1, -0.05) is 6.07 Å². The summed E-state index contributed by atoms with van der Waals surface area (Å²) in [7, 11) is 0. The topological polar surface area (TPSA) is 73.7 Å². The number of aromatic nitrogens is 1. The number of amides is 2.